The molecule has 306 valence electrons. The fraction of sp³-hybridized carbons (Fsp3) is 0.292. The number of hydrogen-bond acceptors (Lipinski definition) is 7. The molecule has 3 aliphatic heterocycles. The lowest BCUT2D eigenvalue weighted by molar-refractivity contribution is -0.151. The van der Waals surface area contributed by atoms with Crippen molar-refractivity contribution in [3.63, 3.8) is 0 Å². The van der Waals surface area contributed by atoms with Gasteiger partial charge < -0.3 is 24.4 Å². The molecule has 0 aliphatic carbocycles. The van der Waals surface area contributed by atoms with Gasteiger partial charge in [-0.15, -0.1) is 0 Å². The van der Waals surface area contributed by atoms with Crippen molar-refractivity contribution < 1.29 is 24.2 Å². The predicted molar refractivity (Wildman–Crippen MR) is 236 cm³/mol. The van der Waals surface area contributed by atoms with Crippen LogP contribution in [-0.4, -0.2) is 65.5 Å². The first-order chi connectivity index (χ1) is 28.9. The third kappa shape index (κ3) is 6.55. The molecule has 12 heteroatoms. The Balaban J connectivity index is 1.07. The van der Waals surface area contributed by atoms with Gasteiger partial charge in [-0.05, 0) is 77.2 Å². The molecule has 1 spiro atoms. The molecule has 5 aromatic carbocycles. The molecule has 2 amide bonds. The van der Waals surface area contributed by atoms with E-state index in [0.29, 0.717) is 40.3 Å². The van der Waals surface area contributed by atoms with Crippen LogP contribution in [0.25, 0.3) is 16.5 Å². The summed E-state index contributed by atoms with van der Waals surface area (Å²) in [5.41, 5.74) is 3.25. The fourth-order valence-electron chi connectivity index (χ4n) is 10.2. The van der Waals surface area contributed by atoms with Gasteiger partial charge in [0.2, 0.25) is 5.91 Å². The minimum atomic E-state index is -2.56. The van der Waals surface area contributed by atoms with Crippen LogP contribution < -0.4 is 20.4 Å². The molecule has 0 bridgehead atoms. The van der Waals surface area contributed by atoms with E-state index in [1.165, 1.54) is 4.68 Å². The molecule has 6 aromatic rings. The Labute approximate surface area is 354 Å². The second-order valence-corrected chi connectivity index (χ2v) is 22.0. The van der Waals surface area contributed by atoms with Gasteiger partial charge in [0.1, 0.15) is 5.75 Å². The van der Waals surface area contributed by atoms with E-state index >= 15 is 4.79 Å². The summed E-state index contributed by atoms with van der Waals surface area (Å²) < 4.78 is 14.2. The van der Waals surface area contributed by atoms with E-state index in [0.717, 1.165) is 33.0 Å². The van der Waals surface area contributed by atoms with Gasteiger partial charge in [0.05, 0.1) is 69.9 Å². The molecular formula is C48H47ClN4O6Si. The van der Waals surface area contributed by atoms with Crippen LogP contribution >= 0.6 is 11.6 Å². The largest absolute Gasteiger partial charge is 0.497 e. The zero-order valence-corrected chi connectivity index (χ0v) is 35.8. The molecule has 9 rings (SSSR count). The molecule has 5 atom stereocenters. The Hall–Kier alpha value is -5.59. The van der Waals surface area contributed by atoms with Crippen molar-refractivity contribution in [3.05, 3.63) is 159 Å². The van der Waals surface area contributed by atoms with Crippen molar-refractivity contribution >= 4 is 53.1 Å². The van der Waals surface area contributed by atoms with Gasteiger partial charge in [0.25, 0.3) is 11.5 Å². The Kier molecular flexibility index (Phi) is 10.3. The topological polar surface area (TPSA) is 114 Å². The number of anilines is 1. The molecule has 0 radical (unpaired) electrons. The summed E-state index contributed by atoms with van der Waals surface area (Å²) >= 11 is 6.75. The van der Waals surface area contributed by atoms with E-state index in [9.17, 15) is 14.7 Å². The number of nitrogens with zero attached hydrogens (tertiary/aromatic N) is 4. The van der Waals surface area contributed by atoms with E-state index in [4.69, 9.17) is 21.1 Å². The molecule has 4 heterocycles. The van der Waals surface area contributed by atoms with Crippen molar-refractivity contribution in [2.75, 3.05) is 18.6 Å². The normalized spacial score (nSPS) is 22.3. The average Bonchev–Trinajstić information content (AvgIpc) is 3.69. The first-order valence-corrected chi connectivity index (χ1v) is 23.9. The highest BCUT2D eigenvalue weighted by molar-refractivity contribution is 6.91. The lowest BCUT2D eigenvalue weighted by atomic mass is 9.82. The van der Waals surface area contributed by atoms with Gasteiger partial charge in [0.15, 0.2) is 5.60 Å². The Bertz CT molecular complexity index is 2690. The third-order valence-electron chi connectivity index (χ3n) is 13.3. The van der Waals surface area contributed by atoms with Crippen molar-refractivity contribution in [2.24, 2.45) is 5.92 Å². The zero-order valence-electron chi connectivity index (χ0n) is 34.0. The van der Waals surface area contributed by atoms with Crippen LogP contribution in [0.4, 0.5) is 5.69 Å². The Morgan fingerprint density at radius 1 is 0.950 bits per heavy atom. The lowest BCUT2D eigenvalue weighted by Crippen LogP contribution is -2.52. The van der Waals surface area contributed by atoms with Gasteiger partial charge in [-0.3, -0.25) is 14.4 Å². The van der Waals surface area contributed by atoms with Gasteiger partial charge in [-0.1, -0.05) is 104 Å². The van der Waals surface area contributed by atoms with Crippen LogP contribution in [-0.2, 0) is 39.4 Å². The molecule has 1 N–H and O–H groups in total. The van der Waals surface area contributed by atoms with Crippen molar-refractivity contribution in [3.8, 4) is 11.4 Å². The fourth-order valence-corrected chi connectivity index (χ4v) is 14.4. The lowest BCUT2D eigenvalue weighted by Gasteiger charge is -2.39. The van der Waals surface area contributed by atoms with E-state index < -0.39 is 19.8 Å². The Morgan fingerprint density at radius 3 is 2.40 bits per heavy atom. The number of carbonyl (C=O) groups is 2. The molecule has 3 aliphatic rings. The number of rotatable bonds is 9. The quantitative estimate of drug-likeness (QED) is 0.154. The number of halogens is 1. The van der Waals surface area contributed by atoms with E-state index in [2.05, 4.69) is 43.3 Å². The summed E-state index contributed by atoms with van der Waals surface area (Å²) in [6.45, 7) is 7.15. The third-order valence-corrected chi connectivity index (χ3v) is 17.9. The van der Waals surface area contributed by atoms with E-state index in [1.807, 2.05) is 84.9 Å². The van der Waals surface area contributed by atoms with Gasteiger partial charge in [-0.2, -0.15) is 9.78 Å². The highest BCUT2D eigenvalue weighted by atomic mass is 35.5. The predicted octanol–water partition coefficient (Wildman–Crippen LogP) is 7.15. The van der Waals surface area contributed by atoms with Crippen LogP contribution in [0.2, 0.25) is 23.7 Å². The number of aromatic nitrogens is 2. The molecular weight excluding hydrogens is 792 g/mol. The number of ether oxygens (including phenoxy) is 2. The standard InChI is InChI=1S/C48H47ClN4O6Si/c1-30-45(60(3,4)39-20-18-38(58-2)19-21-39)43(25-44(55)51-28-34-11-6-5-9-32(34)23-37(51)29-54)59-48(30)41-24-35(49)15-22-42(41)52(47(48)57)27-31-13-16-36(17-14-31)53-46(56)40-12-8-7-10-33(40)26-50-53/h5-22,24,26,30,37,43,45,54H,23,25,27-29H2,1-4H3/t30-,37-,43+,45-,48+/m0/s1. The van der Waals surface area contributed by atoms with Gasteiger partial charge in [-0.25, -0.2) is 0 Å². The maximum absolute atomic E-state index is 15.4. The maximum atomic E-state index is 15.4. The number of hydrogen-bond donors (Lipinski definition) is 1. The first-order valence-electron chi connectivity index (χ1n) is 20.4. The second-order valence-electron chi connectivity index (χ2n) is 16.9. The summed E-state index contributed by atoms with van der Waals surface area (Å²) in [6.07, 6.45) is 1.68. The number of carbonyl (C=O) groups excluding carboxylic acids is 2. The summed E-state index contributed by atoms with van der Waals surface area (Å²) in [5, 5.41) is 17.9. The smallest absolute Gasteiger partial charge is 0.279 e. The minimum absolute atomic E-state index is 0.0504. The minimum Gasteiger partial charge on any atom is -0.497 e. The summed E-state index contributed by atoms with van der Waals surface area (Å²) in [4.78, 5) is 46.9. The highest BCUT2D eigenvalue weighted by Crippen LogP contribution is 2.60. The number of aliphatic hydroxyl groups is 1. The van der Waals surface area contributed by atoms with Crippen molar-refractivity contribution in [2.45, 2.75) is 69.2 Å². The second kappa shape index (κ2) is 15.5. The van der Waals surface area contributed by atoms with Crippen molar-refractivity contribution in [1.29, 1.82) is 0 Å². The monoisotopic (exact) mass is 838 g/mol. The van der Waals surface area contributed by atoms with Crippen LogP contribution in [0.5, 0.6) is 5.75 Å². The maximum Gasteiger partial charge on any atom is 0.279 e. The molecule has 1 fully saturated rings. The highest BCUT2D eigenvalue weighted by Gasteiger charge is 2.66. The van der Waals surface area contributed by atoms with Crippen LogP contribution in [0.1, 0.15) is 35.6 Å². The summed E-state index contributed by atoms with van der Waals surface area (Å²) in [5.74, 6) is 0.0823. The van der Waals surface area contributed by atoms with Crippen LogP contribution in [0.15, 0.2) is 126 Å². The Morgan fingerprint density at radius 2 is 1.67 bits per heavy atom. The first kappa shape index (κ1) is 39.8. The van der Waals surface area contributed by atoms with Crippen LogP contribution in [0, 0.1) is 5.92 Å². The zero-order chi connectivity index (χ0) is 41.9. The molecule has 10 nitrogen and oxygen atoms in total. The van der Waals surface area contributed by atoms with E-state index in [1.54, 1.807) is 35.2 Å². The number of fused-ring (bicyclic) bond motifs is 4. The van der Waals surface area contributed by atoms with Gasteiger partial charge in [0, 0.05) is 28.4 Å². The van der Waals surface area contributed by atoms with E-state index in [-0.39, 0.29) is 54.4 Å². The number of aliphatic hydroxyl groups excluding tert-OH is 1. The molecule has 0 unspecified atom stereocenters. The number of benzene rings is 5. The number of amides is 2. The van der Waals surface area contributed by atoms with Crippen LogP contribution in [0.3, 0.4) is 0 Å². The molecule has 1 aromatic heterocycles. The molecule has 1 saturated heterocycles. The van der Waals surface area contributed by atoms with Gasteiger partial charge >= 0.3 is 0 Å². The summed E-state index contributed by atoms with van der Waals surface area (Å²) in [7, 11) is -0.915. The number of methoxy groups -OCH3 is 1. The SMILES string of the molecule is COc1ccc([Si](C)(C)[C@@H]2[C@@H](CC(=O)N3Cc4ccccc4C[C@H]3CO)O[C@]3(C(=O)N(Cc4ccc(-n5ncc6ccccc6c5=O)cc4)c4ccc(Cl)cc43)[C@H]2C)cc1. The van der Waals surface area contributed by atoms with Crippen molar-refractivity contribution in [1.82, 2.24) is 14.7 Å². The average molecular weight is 839 g/mol. The molecule has 60 heavy (non-hydrogen) atoms. The molecule has 0 saturated carbocycles. The summed E-state index contributed by atoms with van der Waals surface area (Å²) in [6, 6.07) is 36.2.